The summed E-state index contributed by atoms with van der Waals surface area (Å²) in [4.78, 5) is 23.1. The first kappa shape index (κ1) is 33.6. The number of carboxylic acid groups (broad SMARTS) is 1. The lowest BCUT2D eigenvalue weighted by Crippen LogP contribution is -2.35. The molecule has 1 atom stereocenters. The van der Waals surface area contributed by atoms with Crippen LogP contribution in [0.4, 0.5) is 8.78 Å². The molecule has 0 radical (unpaired) electrons. The summed E-state index contributed by atoms with van der Waals surface area (Å²) in [6, 6.07) is 17.9. The van der Waals surface area contributed by atoms with Gasteiger partial charge in [0.25, 0.3) is 0 Å². The van der Waals surface area contributed by atoms with E-state index in [9.17, 15) is 18.7 Å². The van der Waals surface area contributed by atoms with E-state index in [1.54, 1.807) is 17.0 Å². The van der Waals surface area contributed by atoms with Gasteiger partial charge in [-0.1, -0.05) is 42.8 Å². The van der Waals surface area contributed by atoms with Crippen molar-refractivity contribution in [3.63, 3.8) is 0 Å². The second kappa shape index (κ2) is 13.8. The SMILES string of the molecule is CCNCc1cc2nc(-c3cccc(-c4cccc(-c5nc6cc(CN7CCC[C@H]7C(=O)O)c(OC(F)F)cc6o5)c4C)c3C)oc2cc1Cl. The summed E-state index contributed by atoms with van der Waals surface area (Å²) in [5.41, 5.74) is 8.81. The largest absolute Gasteiger partial charge is 0.480 e. The molecule has 2 aromatic heterocycles. The van der Waals surface area contributed by atoms with Crippen LogP contribution in [-0.4, -0.2) is 51.7 Å². The highest BCUT2D eigenvalue weighted by Crippen LogP contribution is 2.39. The van der Waals surface area contributed by atoms with Crippen molar-refractivity contribution in [3.8, 4) is 39.8 Å². The Morgan fingerprint density at radius 1 is 0.960 bits per heavy atom. The van der Waals surface area contributed by atoms with Crippen LogP contribution in [0, 0.1) is 13.8 Å². The van der Waals surface area contributed by atoms with Crippen LogP contribution in [0.25, 0.3) is 56.2 Å². The predicted molar refractivity (Wildman–Crippen MR) is 187 cm³/mol. The van der Waals surface area contributed by atoms with E-state index < -0.39 is 18.6 Å². The molecule has 6 aromatic rings. The first-order valence-corrected chi connectivity index (χ1v) is 16.8. The van der Waals surface area contributed by atoms with Crippen molar-refractivity contribution in [1.29, 1.82) is 0 Å². The minimum atomic E-state index is -3.06. The number of hydrogen-bond acceptors (Lipinski definition) is 8. The number of rotatable bonds is 11. The van der Waals surface area contributed by atoms with E-state index in [-0.39, 0.29) is 17.9 Å². The lowest BCUT2D eigenvalue weighted by molar-refractivity contribution is -0.142. The van der Waals surface area contributed by atoms with E-state index in [0.717, 1.165) is 51.0 Å². The van der Waals surface area contributed by atoms with Crippen LogP contribution in [0.15, 0.2) is 69.5 Å². The highest BCUT2D eigenvalue weighted by atomic mass is 35.5. The lowest BCUT2D eigenvalue weighted by Gasteiger charge is -2.22. The summed E-state index contributed by atoms with van der Waals surface area (Å²) in [5.74, 6) is -0.195. The van der Waals surface area contributed by atoms with Gasteiger partial charge in [-0.25, -0.2) is 9.97 Å². The zero-order chi connectivity index (χ0) is 35.1. The lowest BCUT2D eigenvalue weighted by atomic mass is 9.91. The van der Waals surface area contributed by atoms with Gasteiger partial charge in [-0.2, -0.15) is 8.78 Å². The molecule has 2 N–H and O–H groups in total. The third-order valence-electron chi connectivity index (χ3n) is 9.35. The topological polar surface area (TPSA) is 114 Å². The quantitative estimate of drug-likeness (QED) is 0.137. The molecule has 0 saturated carbocycles. The maximum atomic E-state index is 13.5. The molecular formula is C38H35ClF2N4O5. The summed E-state index contributed by atoms with van der Waals surface area (Å²) in [5, 5.41) is 13.5. The number of likely N-dealkylation sites (tertiary alicyclic amines) is 1. The van der Waals surface area contributed by atoms with Gasteiger partial charge in [0.05, 0.1) is 0 Å². The number of nitrogens with one attached hydrogen (secondary N) is 1. The third kappa shape index (κ3) is 6.44. The molecule has 1 fully saturated rings. The predicted octanol–water partition coefficient (Wildman–Crippen LogP) is 9.00. The second-order valence-electron chi connectivity index (χ2n) is 12.5. The first-order chi connectivity index (χ1) is 24.1. The zero-order valence-electron chi connectivity index (χ0n) is 27.7. The average molecular weight is 701 g/mol. The molecule has 0 amide bonds. The molecular weight excluding hydrogens is 666 g/mol. The van der Waals surface area contributed by atoms with Gasteiger partial charge in [0.15, 0.2) is 11.2 Å². The summed E-state index contributed by atoms with van der Waals surface area (Å²) >= 11 is 6.53. The molecule has 9 nitrogen and oxygen atoms in total. The van der Waals surface area contributed by atoms with E-state index in [1.807, 2.05) is 63.2 Å². The van der Waals surface area contributed by atoms with Crippen molar-refractivity contribution in [2.75, 3.05) is 13.1 Å². The number of benzene rings is 4. The Morgan fingerprint density at radius 3 is 2.12 bits per heavy atom. The summed E-state index contributed by atoms with van der Waals surface area (Å²) in [6.07, 6.45) is 1.20. The Kier molecular flexibility index (Phi) is 9.30. The van der Waals surface area contributed by atoms with Gasteiger partial charge >= 0.3 is 12.6 Å². The van der Waals surface area contributed by atoms with Crippen LogP contribution in [-0.2, 0) is 17.9 Å². The molecule has 1 aliphatic heterocycles. The van der Waals surface area contributed by atoms with Gasteiger partial charge in [0, 0.05) is 46.9 Å². The Bertz CT molecular complexity index is 2230. The molecule has 0 spiro atoms. The molecule has 50 heavy (non-hydrogen) atoms. The van der Waals surface area contributed by atoms with Gasteiger partial charge in [-0.15, -0.1) is 0 Å². The van der Waals surface area contributed by atoms with Gasteiger partial charge < -0.3 is 24.0 Å². The molecule has 1 aliphatic rings. The number of alkyl halides is 2. The Hall–Kier alpha value is -4.84. The summed E-state index contributed by atoms with van der Waals surface area (Å²) < 4.78 is 44.1. The summed E-state index contributed by atoms with van der Waals surface area (Å²) in [7, 11) is 0. The number of ether oxygens (including phenoxy) is 1. The molecule has 0 bridgehead atoms. The van der Waals surface area contributed by atoms with E-state index >= 15 is 0 Å². The van der Waals surface area contributed by atoms with Crippen molar-refractivity contribution in [2.45, 2.75) is 59.4 Å². The van der Waals surface area contributed by atoms with E-state index in [2.05, 4.69) is 5.32 Å². The van der Waals surface area contributed by atoms with E-state index in [1.165, 1.54) is 6.07 Å². The highest BCUT2D eigenvalue weighted by Gasteiger charge is 2.31. The molecule has 0 aliphatic carbocycles. The molecule has 1 saturated heterocycles. The normalized spacial score (nSPS) is 15.1. The highest BCUT2D eigenvalue weighted by molar-refractivity contribution is 6.32. The number of carbonyl (C=O) groups is 1. The number of fused-ring (bicyclic) bond motifs is 2. The second-order valence-corrected chi connectivity index (χ2v) is 12.9. The van der Waals surface area contributed by atoms with Crippen molar-refractivity contribution < 1.29 is 32.3 Å². The van der Waals surface area contributed by atoms with Crippen LogP contribution >= 0.6 is 11.6 Å². The first-order valence-electron chi connectivity index (χ1n) is 16.5. The van der Waals surface area contributed by atoms with Gasteiger partial charge in [0.1, 0.15) is 22.8 Å². The van der Waals surface area contributed by atoms with Gasteiger partial charge in [-0.05, 0) is 91.9 Å². The van der Waals surface area contributed by atoms with Crippen molar-refractivity contribution in [1.82, 2.24) is 20.2 Å². The van der Waals surface area contributed by atoms with Crippen LogP contribution in [0.5, 0.6) is 5.75 Å². The van der Waals surface area contributed by atoms with Crippen molar-refractivity contribution in [2.24, 2.45) is 0 Å². The standard InChI is InChI=1S/C38H35ClF2N4O5/c1-4-42-18-22-14-29-33(16-28(22)39)48-35(43-29)26-10-5-8-24(20(26)2)25-9-6-11-27(21(25)3)36-44-30-15-23(19-45-13-7-12-31(45)37(46)47)32(50-38(40)41)17-34(30)49-36/h5-6,8-11,14-17,31,38,42H,4,7,12-13,18-19H2,1-3H3,(H,46,47)/t31-/m0/s1. The maximum Gasteiger partial charge on any atom is 0.387 e. The number of aliphatic carboxylic acids is 1. The van der Waals surface area contributed by atoms with Crippen LogP contribution in [0.1, 0.15) is 42.0 Å². The third-order valence-corrected chi connectivity index (χ3v) is 9.70. The number of hydrogen-bond donors (Lipinski definition) is 2. The molecule has 4 aromatic carbocycles. The molecule has 258 valence electrons. The van der Waals surface area contributed by atoms with Crippen LogP contribution in [0.3, 0.4) is 0 Å². The Morgan fingerprint density at radius 2 is 1.54 bits per heavy atom. The van der Waals surface area contributed by atoms with E-state index in [0.29, 0.717) is 59.4 Å². The maximum absolute atomic E-state index is 13.5. The Balaban J connectivity index is 1.24. The smallest absolute Gasteiger partial charge is 0.387 e. The molecule has 3 heterocycles. The molecule has 0 unspecified atom stereocenters. The number of nitrogens with zero attached hydrogens (tertiary/aromatic N) is 3. The van der Waals surface area contributed by atoms with Gasteiger partial charge in [0.2, 0.25) is 11.8 Å². The monoisotopic (exact) mass is 700 g/mol. The Labute approximate surface area is 291 Å². The minimum absolute atomic E-state index is 0.0699. The average Bonchev–Trinajstić information content (AvgIpc) is 3.82. The van der Waals surface area contributed by atoms with Gasteiger partial charge in [-0.3, -0.25) is 9.69 Å². The minimum Gasteiger partial charge on any atom is -0.480 e. The fourth-order valence-corrected chi connectivity index (χ4v) is 7.00. The van der Waals surface area contributed by atoms with Crippen molar-refractivity contribution in [3.05, 3.63) is 87.9 Å². The fourth-order valence-electron chi connectivity index (χ4n) is 6.78. The van der Waals surface area contributed by atoms with Crippen LogP contribution in [0.2, 0.25) is 5.02 Å². The molecule has 7 rings (SSSR count). The number of oxazole rings is 2. The van der Waals surface area contributed by atoms with Crippen molar-refractivity contribution >= 4 is 39.8 Å². The number of halogens is 3. The van der Waals surface area contributed by atoms with Crippen LogP contribution < -0.4 is 10.1 Å². The van der Waals surface area contributed by atoms with E-state index in [4.69, 9.17) is 35.1 Å². The summed E-state index contributed by atoms with van der Waals surface area (Å²) in [6.45, 7) is 5.11. The number of carboxylic acids is 1. The molecule has 12 heteroatoms. The number of aromatic nitrogens is 2. The fraction of sp³-hybridized carbons (Fsp3) is 0.289. The zero-order valence-corrected chi connectivity index (χ0v) is 28.5.